The second kappa shape index (κ2) is 4.63. The van der Waals surface area contributed by atoms with Crippen molar-refractivity contribution in [3.05, 3.63) is 36.0 Å². The van der Waals surface area contributed by atoms with Crippen LogP contribution in [0.1, 0.15) is 29.6 Å². The SMILES string of the molecule is O=C(NC1CCN(C2CC2)C1)c1cccc2cc[nH]c12. The van der Waals surface area contributed by atoms with E-state index in [1.165, 1.54) is 12.8 Å². The standard InChI is InChI=1S/C16H19N3O/c20-16(14-3-1-2-11-6-8-17-15(11)14)18-12-7-9-19(10-12)13-4-5-13/h1-3,6,8,12-13,17H,4-5,7,9-10H2,(H,18,20). The van der Waals surface area contributed by atoms with Gasteiger partial charge in [0.1, 0.15) is 0 Å². The number of hydrogen-bond acceptors (Lipinski definition) is 2. The summed E-state index contributed by atoms with van der Waals surface area (Å²) in [6.07, 6.45) is 5.62. The first-order chi connectivity index (χ1) is 9.81. The van der Waals surface area contributed by atoms with Crippen molar-refractivity contribution in [3.8, 4) is 0 Å². The van der Waals surface area contributed by atoms with Crippen LogP contribution in [-0.4, -0.2) is 41.0 Å². The van der Waals surface area contributed by atoms with Crippen LogP contribution in [0.25, 0.3) is 10.9 Å². The number of para-hydroxylation sites is 1. The maximum Gasteiger partial charge on any atom is 0.253 e. The molecule has 0 bridgehead atoms. The zero-order valence-electron chi connectivity index (χ0n) is 11.4. The van der Waals surface area contributed by atoms with Gasteiger partial charge in [-0.05, 0) is 31.4 Å². The lowest BCUT2D eigenvalue weighted by molar-refractivity contribution is 0.0939. The Labute approximate surface area is 118 Å². The molecule has 2 aromatic rings. The zero-order valence-corrected chi connectivity index (χ0v) is 11.4. The largest absolute Gasteiger partial charge is 0.361 e. The number of nitrogens with one attached hydrogen (secondary N) is 2. The highest BCUT2D eigenvalue weighted by Gasteiger charge is 2.34. The predicted molar refractivity (Wildman–Crippen MR) is 78.8 cm³/mol. The van der Waals surface area contributed by atoms with Crippen LogP contribution in [0.4, 0.5) is 0 Å². The van der Waals surface area contributed by atoms with E-state index in [0.29, 0.717) is 6.04 Å². The molecule has 2 heterocycles. The van der Waals surface area contributed by atoms with Gasteiger partial charge in [-0.15, -0.1) is 0 Å². The number of carbonyl (C=O) groups excluding carboxylic acids is 1. The normalized spacial score (nSPS) is 23.3. The molecule has 1 saturated carbocycles. The molecule has 1 unspecified atom stereocenters. The lowest BCUT2D eigenvalue weighted by Gasteiger charge is -2.16. The van der Waals surface area contributed by atoms with E-state index < -0.39 is 0 Å². The molecule has 2 N–H and O–H groups in total. The Hall–Kier alpha value is -1.81. The van der Waals surface area contributed by atoms with Gasteiger partial charge in [0.25, 0.3) is 5.91 Å². The minimum absolute atomic E-state index is 0.0423. The molecule has 4 nitrogen and oxygen atoms in total. The molecule has 20 heavy (non-hydrogen) atoms. The third-order valence-electron chi connectivity index (χ3n) is 4.45. The van der Waals surface area contributed by atoms with Gasteiger partial charge >= 0.3 is 0 Å². The summed E-state index contributed by atoms with van der Waals surface area (Å²) >= 11 is 0. The first-order valence-electron chi connectivity index (χ1n) is 7.42. The maximum absolute atomic E-state index is 12.5. The average molecular weight is 269 g/mol. The van der Waals surface area contributed by atoms with Gasteiger partial charge in [0, 0.05) is 36.8 Å². The highest BCUT2D eigenvalue weighted by Crippen LogP contribution is 2.29. The van der Waals surface area contributed by atoms with Crippen LogP contribution in [0.5, 0.6) is 0 Å². The Bertz CT molecular complexity index is 644. The fraction of sp³-hybridized carbons (Fsp3) is 0.438. The molecule has 1 aliphatic carbocycles. The number of hydrogen-bond donors (Lipinski definition) is 2. The van der Waals surface area contributed by atoms with Crippen LogP contribution in [0.2, 0.25) is 0 Å². The summed E-state index contributed by atoms with van der Waals surface area (Å²) in [5.74, 6) is 0.0423. The van der Waals surface area contributed by atoms with Gasteiger partial charge in [0.05, 0.1) is 11.1 Å². The third kappa shape index (κ3) is 2.10. The summed E-state index contributed by atoms with van der Waals surface area (Å²) in [5, 5.41) is 4.28. The maximum atomic E-state index is 12.5. The molecule has 1 saturated heterocycles. The van der Waals surface area contributed by atoms with E-state index in [0.717, 1.165) is 42.0 Å². The molecule has 1 amide bonds. The van der Waals surface area contributed by atoms with Gasteiger partial charge in [-0.1, -0.05) is 12.1 Å². The van der Waals surface area contributed by atoms with Crippen LogP contribution in [0.15, 0.2) is 30.5 Å². The third-order valence-corrected chi connectivity index (χ3v) is 4.45. The quantitative estimate of drug-likeness (QED) is 0.897. The number of likely N-dealkylation sites (tertiary alicyclic amines) is 1. The van der Waals surface area contributed by atoms with Crippen LogP contribution >= 0.6 is 0 Å². The molecule has 2 fully saturated rings. The number of aromatic amines is 1. The van der Waals surface area contributed by atoms with Crippen molar-refractivity contribution in [3.63, 3.8) is 0 Å². The van der Waals surface area contributed by atoms with Crippen LogP contribution in [-0.2, 0) is 0 Å². The van der Waals surface area contributed by atoms with Crippen molar-refractivity contribution in [1.82, 2.24) is 15.2 Å². The average Bonchev–Trinajstić information content (AvgIpc) is 3.00. The number of fused-ring (bicyclic) bond motifs is 1. The lowest BCUT2D eigenvalue weighted by Crippen LogP contribution is -2.37. The van der Waals surface area contributed by atoms with Crippen molar-refractivity contribution < 1.29 is 4.79 Å². The summed E-state index contributed by atoms with van der Waals surface area (Å²) in [5.41, 5.74) is 1.68. The van der Waals surface area contributed by atoms with Crippen molar-refractivity contribution >= 4 is 16.8 Å². The van der Waals surface area contributed by atoms with Gasteiger partial charge in [-0.2, -0.15) is 0 Å². The topological polar surface area (TPSA) is 48.1 Å². The fourth-order valence-corrected chi connectivity index (χ4v) is 3.21. The van der Waals surface area contributed by atoms with Crippen molar-refractivity contribution in [2.75, 3.05) is 13.1 Å². The number of carbonyl (C=O) groups is 1. The molecule has 2 aliphatic rings. The van der Waals surface area contributed by atoms with Crippen molar-refractivity contribution in [1.29, 1.82) is 0 Å². The van der Waals surface area contributed by atoms with E-state index in [1.807, 2.05) is 30.5 Å². The molecular formula is C16H19N3O. The highest BCUT2D eigenvalue weighted by atomic mass is 16.1. The van der Waals surface area contributed by atoms with Gasteiger partial charge in [-0.25, -0.2) is 0 Å². The molecule has 104 valence electrons. The molecule has 1 aromatic heterocycles. The number of rotatable bonds is 3. The fourth-order valence-electron chi connectivity index (χ4n) is 3.21. The van der Waals surface area contributed by atoms with Gasteiger partial charge < -0.3 is 10.3 Å². The Kier molecular flexibility index (Phi) is 2.77. The van der Waals surface area contributed by atoms with E-state index in [9.17, 15) is 4.79 Å². The van der Waals surface area contributed by atoms with Gasteiger partial charge in [-0.3, -0.25) is 9.69 Å². The number of amides is 1. The minimum Gasteiger partial charge on any atom is -0.361 e. The molecular weight excluding hydrogens is 250 g/mol. The van der Waals surface area contributed by atoms with Gasteiger partial charge in [0.2, 0.25) is 0 Å². The molecule has 1 aliphatic heterocycles. The summed E-state index contributed by atoms with van der Waals surface area (Å²) in [4.78, 5) is 18.1. The predicted octanol–water partition coefficient (Wildman–Crippen LogP) is 2.13. The Morgan fingerprint density at radius 1 is 1.25 bits per heavy atom. The minimum atomic E-state index is 0.0423. The van der Waals surface area contributed by atoms with Crippen LogP contribution in [0, 0.1) is 0 Å². The molecule has 0 spiro atoms. The van der Waals surface area contributed by atoms with Crippen LogP contribution < -0.4 is 5.32 Å². The number of nitrogens with zero attached hydrogens (tertiary/aromatic N) is 1. The molecule has 4 rings (SSSR count). The summed E-state index contributed by atoms with van der Waals surface area (Å²) in [7, 11) is 0. The van der Waals surface area contributed by atoms with E-state index >= 15 is 0 Å². The Balaban J connectivity index is 1.49. The monoisotopic (exact) mass is 269 g/mol. The Morgan fingerprint density at radius 2 is 2.15 bits per heavy atom. The lowest BCUT2D eigenvalue weighted by atomic mass is 10.1. The first-order valence-corrected chi connectivity index (χ1v) is 7.42. The second-order valence-electron chi connectivity index (χ2n) is 5.93. The van der Waals surface area contributed by atoms with Crippen LogP contribution in [0.3, 0.4) is 0 Å². The van der Waals surface area contributed by atoms with Crippen molar-refractivity contribution in [2.45, 2.75) is 31.3 Å². The summed E-state index contributed by atoms with van der Waals surface area (Å²) in [6, 6.07) is 8.94. The number of H-pyrrole nitrogens is 1. The van der Waals surface area contributed by atoms with Crippen molar-refractivity contribution in [2.24, 2.45) is 0 Å². The van der Waals surface area contributed by atoms with E-state index in [-0.39, 0.29) is 5.91 Å². The second-order valence-corrected chi connectivity index (χ2v) is 5.93. The Morgan fingerprint density at radius 3 is 3.00 bits per heavy atom. The molecule has 0 radical (unpaired) electrons. The van der Waals surface area contributed by atoms with Gasteiger partial charge in [0.15, 0.2) is 0 Å². The van der Waals surface area contributed by atoms with E-state index in [1.54, 1.807) is 0 Å². The van der Waals surface area contributed by atoms with E-state index in [2.05, 4.69) is 15.2 Å². The van der Waals surface area contributed by atoms with E-state index in [4.69, 9.17) is 0 Å². The smallest absolute Gasteiger partial charge is 0.253 e. The molecule has 4 heteroatoms. The number of aromatic nitrogens is 1. The molecule has 1 aromatic carbocycles. The first kappa shape index (κ1) is 12.0. The zero-order chi connectivity index (χ0) is 13.5. The number of benzene rings is 1. The summed E-state index contributed by atoms with van der Waals surface area (Å²) < 4.78 is 0. The highest BCUT2D eigenvalue weighted by molar-refractivity contribution is 6.05. The summed E-state index contributed by atoms with van der Waals surface area (Å²) in [6.45, 7) is 2.14. The molecule has 1 atom stereocenters.